The van der Waals surface area contributed by atoms with E-state index in [1.807, 2.05) is 18.2 Å². The second-order valence-corrected chi connectivity index (χ2v) is 8.03. The Morgan fingerprint density at radius 3 is 2.62 bits per heavy atom. The average molecular weight is 373 g/mol. The van der Waals surface area contributed by atoms with E-state index in [4.69, 9.17) is 5.14 Å². The van der Waals surface area contributed by atoms with Crippen molar-refractivity contribution in [3.8, 4) is 0 Å². The van der Waals surface area contributed by atoms with E-state index in [0.29, 0.717) is 26.1 Å². The molecule has 1 heterocycles. The van der Waals surface area contributed by atoms with Gasteiger partial charge >= 0.3 is 6.03 Å². The lowest BCUT2D eigenvalue weighted by atomic mass is 10.0. The van der Waals surface area contributed by atoms with E-state index in [1.165, 1.54) is 11.6 Å². The number of carbonyl (C=O) groups is 1. The maximum absolute atomic E-state index is 12.4. The van der Waals surface area contributed by atoms with Crippen LogP contribution in [0.5, 0.6) is 0 Å². The number of aryl methyl sites for hydroxylation is 1. The summed E-state index contributed by atoms with van der Waals surface area (Å²) in [7, 11) is -3.74. The van der Waals surface area contributed by atoms with E-state index in [-0.39, 0.29) is 10.9 Å². The molecule has 0 radical (unpaired) electrons. The van der Waals surface area contributed by atoms with E-state index < -0.39 is 10.0 Å². The maximum atomic E-state index is 12.4. The van der Waals surface area contributed by atoms with Crippen LogP contribution in [0.4, 0.5) is 4.79 Å². The van der Waals surface area contributed by atoms with Crippen molar-refractivity contribution in [1.29, 1.82) is 0 Å². The molecule has 1 aliphatic heterocycles. The molecule has 0 unspecified atom stereocenters. The van der Waals surface area contributed by atoms with Crippen LogP contribution >= 0.6 is 0 Å². The maximum Gasteiger partial charge on any atom is 0.317 e. The van der Waals surface area contributed by atoms with Gasteiger partial charge in [-0.25, -0.2) is 18.4 Å². The van der Waals surface area contributed by atoms with Crippen molar-refractivity contribution in [3.63, 3.8) is 0 Å². The molecule has 0 atom stereocenters. The molecule has 138 valence electrons. The fourth-order valence-corrected chi connectivity index (χ4v) is 3.69. The predicted molar refractivity (Wildman–Crippen MR) is 100 cm³/mol. The smallest absolute Gasteiger partial charge is 0.317 e. The zero-order chi connectivity index (χ0) is 18.6. The van der Waals surface area contributed by atoms with E-state index >= 15 is 0 Å². The fourth-order valence-electron chi connectivity index (χ4n) is 3.13. The fraction of sp³-hybridized carbons (Fsp3) is 0.316. The number of hydrogen-bond acceptors (Lipinski definition) is 3. The summed E-state index contributed by atoms with van der Waals surface area (Å²) >= 11 is 0. The molecule has 2 aromatic carbocycles. The minimum Gasteiger partial charge on any atom is -0.338 e. The van der Waals surface area contributed by atoms with Crippen molar-refractivity contribution in [3.05, 3.63) is 65.2 Å². The van der Waals surface area contributed by atoms with Crippen LogP contribution in [0.15, 0.2) is 53.4 Å². The predicted octanol–water partition coefficient (Wildman–Crippen LogP) is 2.03. The summed E-state index contributed by atoms with van der Waals surface area (Å²) in [6.45, 7) is 1.61. The summed E-state index contributed by atoms with van der Waals surface area (Å²) < 4.78 is 23.0. The van der Waals surface area contributed by atoms with E-state index in [0.717, 1.165) is 24.0 Å². The summed E-state index contributed by atoms with van der Waals surface area (Å²) in [6, 6.07) is 14.9. The Kier molecular flexibility index (Phi) is 5.58. The Bertz CT molecular complexity index is 882. The number of benzene rings is 2. The lowest BCUT2D eigenvalue weighted by Gasteiger charge is -2.29. The summed E-state index contributed by atoms with van der Waals surface area (Å²) in [6.07, 6.45) is 2.50. The average Bonchev–Trinajstić information content (AvgIpc) is 2.64. The van der Waals surface area contributed by atoms with Crippen molar-refractivity contribution in [1.82, 2.24) is 10.2 Å². The zero-order valence-electron chi connectivity index (χ0n) is 14.5. The molecule has 2 amide bonds. The molecule has 2 aromatic rings. The van der Waals surface area contributed by atoms with Gasteiger partial charge in [0.15, 0.2) is 0 Å². The summed E-state index contributed by atoms with van der Waals surface area (Å²) in [5.41, 5.74) is 3.15. The van der Waals surface area contributed by atoms with E-state index in [2.05, 4.69) is 17.4 Å². The topological polar surface area (TPSA) is 92.5 Å². The van der Waals surface area contributed by atoms with Crippen molar-refractivity contribution in [2.45, 2.75) is 30.7 Å². The Hall–Kier alpha value is -2.38. The molecule has 0 fully saturated rings. The van der Waals surface area contributed by atoms with Crippen LogP contribution in [-0.2, 0) is 29.4 Å². The standard InChI is InChI=1S/C19H23N3O3S/c20-26(24,25)18-9-8-16-10-12-22(14-17(16)13-18)19(23)21-11-4-7-15-5-2-1-3-6-15/h1-3,5-6,8-9,13H,4,7,10-12,14H2,(H,21,23)(H2,20,24,25). The van der Waals surface area contributed by atoms with Gasteiger partial charge in [0.2, 0.25) is 10.0 Å². The summed E-state index contributed by atoms with van der Waals surface area (Å²) in [4.78, 5) is 14.2. The highest BCUT2D eigenvalue weighted by molar-refractivity contribution is 7.89. The summed E-state index contributed by atoms with van der Waals surface area (Å²) in [5, 5.41) is 8.14. The number of rotatable bonds is 5. The van der Waals surface area contributed by atoms with Crippen molar-refractivity contribution in [2.24, 2.45) is 5.14 Å². The molecular weight excluding hydrogens is 350 g/mol. The molecule has 7 heteroatoms. The van der Waals surface area contributed by atoms with Gasteiger partial charge in [0.1, 0.15) is 0 Å². The second-order valence-electron chi connectivity index (χ2n) is 6.47. The number of carbonyl (C=O) groups excluding carboxylic acids is 1. The molecule has 0 spiro atoms. The first-order chi connectivity index (χ1) is 12.4. The number of fused-ring (bicyclic) bond motifs is 1. The number of nitrogens with zero attached hydrogens (tertiary/aromatic N) is 1. The molecule has 1 aliphatic rings. The number of urea groups is 1. The van der Waals surface area contributed by atoms with Gasteiger partial charge in [-0.1, -0.05) is 36.4 Å². The molecule has 3 rings (SSSR count). The zero-order valence-corrected chi connectivity index (χ0v) is 15.3. The quantitative estimate of drug-likeness (QED) is 0.786. The molecule has 0 saturated carbocycles. The van der Waals surface area contributed by atoms with Crippen LogP contribution in [0.25, 0.3) is 0 Å². The van der Waals surface area contributed by atoms with Gasteiger partial charge in [-0.3, -0.25) is 0 Å². The molecular formula is C19H23N3O3S. The second kappa shape index (κ2) is 7.88. The van der Waals surface area contributed by atoms with Crippen molar-refractivity contribution >= 4 is 16.1 Å². The third-order valence-corrected chi connectivity index (χ3v) is 5.48. The molecule has 0 aliphatic carbocycles. The van der Waals surface area contributed by atoms with Crippen LogP contribution < -0.4 is 10.5 Å². The first-order valence-corrected chi connectivity index (χ1v) is 10.2. The number of sulfonamides is 1. The third-order valence-electron chi connectivity index (χ3n) is 4.57. The molecule has 0 bridgehead atoms. The van der Waals surface area contributed by atoms with Crippen molar-refractivity contribution < 1.29 is 13.2 Å². The first kappa shape index (κ1) is 18.4. The van der Waals surface area contributed by atoms with Crippen LogP contribution in [0, 0.1) is 0 Å². The Labute approximate surface area is 154 Å². The monoisotopic (exact) mass is 373 g/mol. The van der Waals surface area contributed by atoms with Crippen molar-refractivity contribution in [2.75, 3.05) is 13.1 Å². The number of nitrogens with two attached hydrogens (primary N) is 1. The van der Waals surface area contributed by atoms with E-state index in [9.17, 15) is 13.2 Å². The van der Waals surface area contributed by atoms with Crippen LogP contribution in [0.3, 0.4) is 0 Å². The number of hydrogen-bond donors (Lipinski definition) is 2. The largest absolute Gasteiger partial charge is 0.338 e. The highest BCUT2D eigenvalue weighted by Gasteiger charge is 2.22. The lowest BCUT2D eigenvalue weighted by molar-refractivity contribution is 0.192. The van der Waals surface area contributed by atoms with Crippen LogP contribution in [0.2, 0.25) is 0 Å². The summed E-state index contributed by atoms with van der Waals surface area (Å²) in [5.74, 6) is 0. The van der Waals surface area contributed by atoms with Gasteiger partial charge in [-0.15, -0.1) is 0 Å². The van der Waals surface area contributed by atoms with Gasteiger partial charge in [0.05, 0.1) is 4.90 Å². The van der Waals surface area contributed by atoms with Gasteiger partial charge in [-0.05, 0) is 48.1 Å². The third kappa shape index (κ3) is 4.62. The molecule has 26 heavy (non-hydrogen) atoms. The van der Waals surface area contributed by atoms with Gasteiger partial charge in [0.25, 0.3) is 0 Å². The van der Waals surface area contributed by atoms with Crippen LogP contribution in [0.1, 0.15) is 23.1 Å². The first-order valence-electron chi connectivity index (χ1n) is 8.65. The Balaban J connectivity index is 1.53. The highest BCUT2D eigenvalue weighted by Crippen LogP contribution is 2.22. The van der Waals surface area contributed by atoms with Gasteiger partial charge in [0, 0.05) is 19.6 Å². The van der Waals surface area contributed by atoms with Gasteiger partial charge in [-0.2, -0.15) is 0 Å². The SMILES string of the molecule is NS(=O)(=O)c1ccc2c(c1)CN(C(=O)NCCCc1ccccc1)CC2. The number of primary sulfonamides is 1. The minimum atomic E-state index is -3.74. The molecule has 0 saturated heterocycles. The molecule has 3 N–H and O–H groups in total. The minimum absolute atomic E-state index is 0.0846. The van der Waals surface area contributed by atoms with E-state index in [1.54, 1.807) is 17.0 Å². The normalized spacial score (nSPS) is 14.0. The van der Waals surface area contributed by atoms with Gasteiger partial charge < -0.3 is 10.2 Å². The van der Waals surface area contributed by atoms with Crippen LogP contribution in [-0.4, -0.2) is 32.4 Å². The Morgan fingerprint density at radius 2 is 1.88 bits per heavy atom. The molecule has 0 aromatic heterocycles. The highest BCUT2D eigenvalue weighted by atomic mass is 32.2. The Morgan fingerprint density at radius 1 is 1.12 bits per heavy atom. The number of amides is 2. The number of nitrogens with one attached hydrogen (secondary N) is 1. The lowest BCUT2D eigenvalue weighted by Crippen LogP contribution is -2.43. The molecule has 6 nitrogen and oxygen atoms in total.